The van der Waals surface area contributed by atoms with Crippen LogP contribution in [0.15, 0.2) is 36.4 Å². The van der Waals surface area contributed by atoms with Gasteiger partial charge in [-0.05, 0) is 49.9 Å². The van der Waals surface area contributed by atoms with Crippen LogP contribution in [0.2, 0.25) is 0 Å². The summed E-state index contributed by atoms with van der Waals surface area (Å²) in [7, 11) is 4.71. The summed E-state index contributed by atoms with van der Waals surface area (Å²) in [5, 5.41) is 5.59. The summed E-state index contributed by atoms with van der Waals surface area (Å²) < 4.78 is 21.9. The molecular formula is C21H26N2O5. The van der Waals surface area contributed by atoms with Gasteiger partial charge in [-0.1, -0.05) is 0 Å². The lowest BCUT2D eigenvalue weighted by atomic mass is 10.2. The summed E-state index contributed by atoms with van der Waals surface area (Å²) in [6.07, 6.45) is 4.63. The topological polar surface area (TPSA) is 78.1 Å². The molecule has 7 nitrogen and oxygen atoms in total. The monoisotopic (exact) mass is 386 g/mol. The molecule has 1 aliphatic rings. The number of urea groups is 1. The average molecular weight is 386 g/mol. The van der Waals surface area contributed by atoms with E-state index in [2.05, 4.69) is 10.6 Å². The molecule has 2 aromatic carbocycles. The lowest BCUT2D eigenvalue weighted by molar-refractivity contribution is 0.201. The van der Waals surface area contributed by atoms with Crippen molar-refractivity contribution in [3.05, 3.63) is 36.4 Å². The Morgan fingerprint density at radius 3 is 2.29 bits per heavy atom. The van der Waals surface area contributed by atoms with E-state index >= 15 is 0 Å². The molecule has 2 amide bonds. The fourth-order valence-corrected chi connectivity index (χ4v) is 3.22. The summed E-state index contributed by atoms with van der Waals surface area (Å²) >= 11 is 0. The quantitative estimate of drug-likeness (QED) is 0.722. The molecule has 3 rings (SSSR count). The smallest absolute Gasteiger partial charge is 0.323 e. The minimum Gasteiger partial charge on any atom is -0.497 e. The van der Waals surface area contributed by atoms with Crippen LogP contribution < -0.4 is 29.6 Å². The first-order chi connectivity index (χ1) is 13.6. The Morgan fingerprint density at radius 1 is 0.857 bits per heavy atom. The number of nitrogens with one attached hydrogen (secondary N) is 2. The lowest BCUT2D eigenvalue weighted by Crippen LogP contribution is -2.20. The van der Waals surface area contributed by atoms with Crippen LogP contribution >= 0.6 is 0 Å². The fourth-order valence-electron chi connectivity index (χ4n) is 3.22. The second kappa shape index (κ2) is 9.21. The van der Waals surface area contributed by atoms with E-state index in [9.17, 15) is 4.79 Å². The predicted octanol–water partition coefficient (Wildman–Crippen LogP) is 4.68. The minimum absolute atomic E-state index is 0.196. The Labute approximate surface area is 164 Å². The Bertz CT molecular complexity index is 818. The highest BCUT2D eigenvalue weighted by Gasteiger charge is 2.19. The molecule has 1 fully saturated rings. The molecule has 0 aromatic heterocycles. The van der Waals surface area contributed by atoms with E-state index in [-0.39, 0.29) is 12.1 Å². The van der Waals surface area contributed by atoms with Crippen molar-refractivity contribution in [3.63, 3.8) is 0 Å². The van der Waals surface area contributed by atoms with Crippen molar-refractivity contribution < 1.29 is 23.7 Å². The van der Waals surface area contributed by atoms with E-state index in [1.165, 1.54) is 20.0 Å². The summed E-state index contributed by atoms with van der Waals surface area (Å²) in [5.74, 6) is 2.44. The zero-order chi connectivity index (χ0) is 19.9. The van der Waals surface area contributed by atoms with Crippen LogP contribution in [0.5, 0.6) is 23.0 Å². The fraction of sp³-hybridized carbons (Fsp3) is 0.381. The van der Waals surface area contributed by atoms with Crippen molar-refractivity contribution in [2.45, 2.75) is 31.8 Å². The molecule has 2 aromatic rings. The van der Waals surface area contributed by atoms with Gasteiger partial charge in [0.15, 0.2) is 11.5 Å². The number of ether oxygens (including phenoxy) is 4. The number of carbonyl (C=O) groups is 1. The number of carbonyl (C=O) groups excluding carboxylic acids is 1. The second-order valence-electron chi connectivity index (χ2n) is 6.54. The first kappa shape index (κ1) is 19.7. The molecule has 1 saturated carbocycles. The molecule has 0 atom stereocenters. The van der Waals surface area contributed by atoms with Crippen LogP contribution in [0.1, 0.15) is 25.7 Å². The molecule has 0 unspecified atom stereocenters. The number of hydrogen-bond donors (Lipinski definition) is 2. The van der Waals surface area contributed by atoms with Gasteiger partial charge in [0, 0.05) is 17.8 Å². The summed E-state index contributed by atoms with van der Waals surface area (Å²) in [4.78, 5) is 12.4. The van der Waals surface area contributed by atoms with Crippen LogP contribution in [0.4, 0.5) is 16.2 Å². The Morgan fingerprint density at radius 2 is 1.61 bits per heavy atom. The summed E-state index contributed by atoms with van der Waals surface area (Å²) in [5.41, 5.74) is 1.15. The molecule has 2 N–H and O–H groups in total. The average Bonchev–Trinajstić information content (AvgIpc) is 3.21. The van der Waals surface area contributed by atoms with Crippen molar-refractivity contribution >= 4 is 17.4 Å². The third-order valence-electron chi connectivity index (χ3n) is 4.67. The van der Waals surface area contributed by atoms with Crippen LogP contribution in [-0.4, -0.2) is 33.5 Å². The molecule has 0 bridgehead atoms. The minimum atomic E-state index is -0.388. The molecule has 150 valence electrons. The maximum absolute atomic E-state index is 12.4. The van der Waals surface area contributed by atoms with E-state index in [1.54, 1.807) is 50.6 Å². The maximum Gasteiger partial charge on any atom is 0.323 e. The lowest BCUT2D eigenvalue weighted by Gasteiger charge is -2.17. The number of rotatable bonds is 7. The number of hydrogen-bond acceptors (Lipinski definition) is 5. The van der Waals surface area contributed by atoms with Crippen molar-refractivity contribution in [3.8, 4) is 23.0 Å². The van der Waals surface area contributed by atoms with Gasteiger partial charge < -0.3 is 29.6 Å². The zero-order valence-electron chi connectivity index (χ0n) is 16.4. The van der Waals surface area contributed by atoms with Gasteiger partial charge in [-0.25, -0.2) is 4.79 Å². The van der Waals surface area contributed by atoms with Gasteiger partial charge in [-0.2, -0.15) is 0 Å². The first-order valence-electron chi connectivity index (χ1n) is 9.27. The third kappa shape index (κ3) is 4.79. The first-order valence-corrected chi connectivity index (χ1v) is 9.27. The van der Waals surface area contributed by atoms with Crippen LogP contribution in [-0.2, 0) is 0 Å². The molecular weight excluding hydrogens is 360 g/mol. The molecule has 0 heterocycles. The third-order valence-corrected chi connectivity index (χ3v) is 4.67. The second-order valence-corrected chi connectivity index (χ2v) is 6.54. The van der Waals surface area contributed by atoms with Gasteiger partial charge in [0.2, 0.25) is 0 Å². The van der Waals surface area contributed by atoms with Gasteiger partial charge in [0.05, 0.1) is 33.1 Å². The molecule has 28 heavy (non-hydrogen) atoms. The van der Waals surface area contributed by atoms with Gasteiger partial charge in [-0.3, -0.25) is 0 Å². The highest BCUT2D eigenvalue weighted by atomic mass is 16.5. The van der Waals surface area contributed by atoms with E-state index in [0.29, 0.717) is 34.4 Å². The highest BCUT2D eigenvalue weighted by molar-refractivity contribution is 6.00. The van der Waals surface area contributed by atoms with E-state index < -0.39 is 0 Å². The van der Waals surface area contributed by atoms with Crippen LogP contribution in [0.25, 0.3) is 0 Å². The van der Waals surface area contributed by atoms with Gasteiger partial charge in [0.25, 0.3) is 0 Å². The van der Waals surface area contributed by atoms with Crippen LogP contribution in [0, 0.1) is 0 Å². The largest absolute Gasteiger partial charge is 0.497 e. The number of methoxy groups -OCH3 is 3. The molecule has 0 spiro atoms. The van der Waals surface area contributed by atoms with Gasteiger partial charge in [-0.15, -0.1) is 0 Å². The Hall–Kier alpha value is -3.09. The van der Waals surface area contributed by atoms with E-state index in [4.69, 9.17) is 18.9 Å². The normalized spacial score (nSPS) is 13.7. The molecule has 0 aliphatic heterocycles. The Balaban J connectivity index is 1.69. The summed E-state index contributed by atoms with van der Waals surface area (Å²) in [6.45, 7) is 0. The van der Waals surface area contributed by atoms with Gasteiger partial charge in [0.1, 0.15) is 11.5 Å². The number of amides is 2. The van der Waals surface area contributed by atoms with E-state index in [0.717, 1.165) is 12.8 Å². The highest BCUT2D eigenvalue weighted by Crippen LogP contribution is 2.34. The van der Waals surface area contributed by atoms with E-state index in [1.807, 2.05) is 0 Å². The van der Waals surface area contributed by atoms with Crippen molar-refractivity contribution in [1.29, 1.82) is 0 Å². The summed E-state index contributed by atoms with van der Waals surface area (Å²) in [6, 6.07) is 10.1. The Kier molecular flexibility index (Phi) is 6.47. The number of anilines is 2. The predicted molar refractivity (Wildman–Crippen MR) is 108 cm³/mol. The molecule has 0 radical (unpaired) electrons. The van der Waals surface area contributed by atoms with Crippen LogP contribution in [0.3, 0.4) is 0 Å². The van der Waals surface area contributed by atoms with Crippen molar-refractivity contribution in [1.82, 2.24) is 0 Å². The molecule has 1 aliphatic carbocycles. The van der Waals surface area contributed by atoms with Gasteiger partial charge >= 0.3 is 6.03 Å². The maximum atomic E-state index is 12.4. The SMILES string of the molecule is COc1ccc(NC(=O)Nc2ccc(OC)c(OC3CCCC3)c2)c(OC)c1. The number of benzene rings is 2. The zero-order valence-corrected chi connectivity index (χ0v) is 16.4. The van der Waals surface area contributed by atoms with Crippen molar-refractivity contribution in [2.24, 2.45) is 0 Å². The molecule has 7 heteroatoms. The molecule has 0 saturated heterocycles. The standard InChI is InChI=1S/C21H26N2O5/c1-25-16-9-10-17(19(13-16)27-3)23-21(24)22-14-8-11-18(26-2)20(12-14)28-15-6-4-5-7-15/h8-13,15H,4-7H2,1-3H3,(H2,22,23,24). The van der Waals surface area contributed by atoms with Crippen molar-refractivity contribution in [2.75, 3.05) is 32.0 Å².